The summed E-state index contributed by atoms with van der Waals surface area (Å²) in [6, 6.07) is 11.4. The third-order valence-corrected chi connectivity index (χ3v) is 3.54. The fourth-order valence-electron chi connectivity index (χ4n) is 2.22. The number of nitrogens with one attached hydrogen (secondary N) is 1. The van der Waals surface area contributed by atoms with Gasteiger partial charge in [0.25, 0.3) is 0 Å². The minimum Gasteiger partial charge on any atom is -0.351 e. The van der Waals surface area contributed by atoms with Crippen LogP contribution in [0.5, 0.6) is 0 Å². The highest BCUT2D eigenvalue weighted by atomic mass is 19.1. The Hall–Kier alpha value is -2.27. The van der Waals surface area contributed by atoms with Crippen molar-refractivity contribution in [3.63, 3.8) is 0 Å². The van der Waals surface area contributed by atoms with Crippen LogP contribution in [-0.2, 0) is 17.9 Å². The van der Waals surface area contributed by atoms with Crippen molar-refractivity contribution < 1.29 is 13.6 Å². The van der Waals surface area contributed by atoms with Crippen LogP contribution >= 0.6 is 0 Å². The molecule has 23 heavy (non-hydrogen) atoms. The smallest absolute Gasteiger partial charge is 0.234 e. The average Bonchev–Trinajstić information content (AvgIpc) is 2.51. The molecule has 0 spiro atoms. The molecule has 2 rings (SSSR count). The van der Waals surface area contributed by atoms with Crippen LogP contribution in [0.25, 0.3) is 0 Å². The molecule has 0 aliphatic carbocycles. The maximum Gasteiger partial charge on any atom is 0.234 e. The van der Waals surface area contributed by atoms with Gasteiger partial charge in [0.05, 0.1) is 6.54 Å². The molecule has 0 radical (unpaired) electrons. The van der Waals surface area contributed by atoms with Gasteiger partial charge in [0.15, 0.2) is 0 Å². The van der Waals surface area contributed by atoms with Crippen molar-refractivity contribution in [1.82, 2.24) is 10.2 Å². The molecule has 0 fully saturated rings. The van der Waals surface area contributed by atoms with Crippen LogP contribution < -0.4 is 5.32 Å². The van der Waals surface area contributed by atoms with Crippen LogP contribution in [0.15, 0.2) is 42.5 Å². The summed E-state index contributed by atoms with van der Waals surface area (Å²) in [5.74, 6) is -0.756. The summed E-state index contributed by atoms with van der Waals surface area (Å²) in [7, 11) is 1.75. The van der Waals surface area contributed by atoms with Gasteiger partial charge in [-0.1, -0.05) is 30.3 Å². The van der Waals surface area contributed by atoms with E-state index in [9.17, 15) is 13.6 Å². The zero-order chi connectivity index (χ0) is 16.8. The number of nitrogens with zero attached hydrogens (tertiary/aromatic N) is 1. The van der Waals surface area contributed by atoms with E-state index in [1.54, 1.807) is 49.2 Å². The van der Waals surface area contributed by atoms with Crippen LogP contribution in [0, 0.1) is 18.6 Å². The fourth-order valence-corrected chi connectivity index (χ4v) is 2.22. The third-order valence-electron chi connectivity index (χ3n) is 3.54. The third kappa shape index (κ3) is 5.14. The second-order valence-electron chi connectivity index (χ2n) is 5.62. The molecule has 0 atom stereocenters. The first-order valence-corrected chi connectivity index (χ1v) is 7.39. The van der Waals surface area contributed by atoms with Gasteiger partial charge in [0.2, 0.25) is 5.91 Å². The first kappa shape index (κ1) is 17.1. The van der Waals surface area contributed by atoms with Crippen LogP contribution in [0.1, 0.15) is 16.7 Å². The lowest BCUT2D eigenvalue weighted by atomic mass is 10.1. The summed E-state index contributed by atoms with van der Waals surface area (Å²) in [5, 5.41) is 2.74. The summed E-state index contributed by atoms with van der Waals surface area (Å²) < 4.78 is 27.0. The van der Waals surface area contributed by atoms with Gasteiger partial charge in [-0.05, 0) is 37.2 Å². The van der Waals surface area contributed by atoms with Crippen LogP contribution in [-0.4, -0.2) is 24.4 Å². The number of halogens is 2. The van der Waals surface area contributed by atoms with E-state index in [-0.39, 0.29) is 30.6 Å². The fraction of sp³-hybridized carbons (Fsp3) is 0.278. The molecule has 0 bridgehead atoms. The molecular weight excluding hydrogens is 298 g/mol. The van der Waals surface area contributed by atoms with Crippen molar-refractivity contribution in [2.24, 2.45) is 0 Å². The van der Waals surface area contributed by atoms with Gasteiger partial charge in [0.1, 0.15) is 11.6 Å². The Labute approximate surface area is 134 Å². The number of benzene rings is 2. The molecular formula is C18H20F2N2O. The number of amides is 1. The molecule has 0 aromatic heterocycles. The molecule has 0 saturated carbocycles. The van der Waals surface area contributed by atoms with Gasteiger partial charge >= 0.3 is 0 Å². The van der Waals surface area contributed by atoms with Gasteiger partial charge in [-0.2, -0.15) is 0 Å². The first-order chi connectivity index (χ1) is 11.0. The van der Waals surface area contributed by atoms with E-state index in [1.165, 1.54) is 12.1 Å². The standard InChI is InChI=1S/C18H20F2N2O/c1-13-7-8-14(9-17(13)20)10-21-18(23)12-22(2)11-15-5-3-4-6-16(15)19/h3-9H,10-12H2,1-2H3,(H,21,23). The lowest BCUT2D eigenvalue weighted by Gasteiger charge is -2.16. The Morgan fingerprint density at radius 2 is 1.87 bits per heavy atom. The van der Waals surface area contributed by atoms with Crippen molar-refractivity contribution >= 4 is 5.91 Å². The molecule has 122 valence electrons. The number of hydrogen-bond donors (Lipinski definition) is 1. The summed E-state index contributed by atoms with van der Waals surface area (Å²) in [4.78, 5) is 13.6. The molecule has 2 aromatic rings. The van der Waals surface area contributed by atoms with Gasteiger partial charge in [-0.3, -0.25) is 9.69 Å². The molecule has 0 aliphatic rings. The van der Waals surface area contributed by atoms with Crippen molar-refractivity contribution in [2.45, 2.75) is 20.0 Å². The summed E-state index contributed by atoms with van der Waals surface area (Å²) in [6.45, 7) is 2.45. The monoisotopic (exact) mass is 318 g/mol. The highest BCUT2D eigenvalue weighted by molar-refractivity contribution is 5.77. The van der Waals surface area contributed by atoms with Gasteiger partial charge in [0, 0.05) is 18.7 Å². The molecule has 5 heteroatoms. The Bertz CT molecular complexity index is 688. The quantitative estimate of drug-likeness (QED) is 0.888. The van der Waals surface area contributed by atoms with E-state index >= 15 is 0 Å². The van der Waals surface area contributed by atoms with Gasteiger partial charge in [-0.15, -0.1) is 0 Å². The van der Waals surface area contributed by atoms with E-state index in [4.69, 9.17) is 0 Å². The zero-order valence-electron chi connectivity index (χ0n) is 13.3. The number of aryl methyl sites for hydroxylation is 1. The molecule has 0 heterocycles. The SMILES string of the molecule is Cc1ccc(CNC(=O)CN(C)Cc2ccccc2F)cc1F. The number of rotatable bonds is 6. The summed E-state index contributed by atoms with van der Waals surface area (Å²) >= 11 is 0. The molecule has 0 saturated heterocycles. The summed E-state index contributed by atoms with van der Waals surface area (Å²) in [6.07, 6.45) is 0. The largest absolute Gasteiger partial charge is 0.351 e. The normalized spacial score (nSPS) is 10.8. The predicted octanol–water partition coefficient (Wildman–Crippen LogP) is 3.02. The number of hydrogen-bond acceptors (Lipinski definition) is 2. The van der Waals surface area contributed by atoms with Crippen LogP contribution in [0.3, 0.4) is 0 Å². The molecule has 3 nitrogen and oxygen atoms in total. The molecule has 1 amide bonds. The Balaban J connectivity index is 1.82. The lowest BCUT2D eigenvalue weighted by Crippen LogP contribution is -2.34. The Kier molecular flexibility index (Phi) is 5.82. The highest BCUT2D eigenvalue weighted by Gasteiger charge is 2.09. The van der Waals surface area contributed by atoms with Crippen molar-refractivity contribution in [3.8, 4) is 0 Å². The molecule has 1 N–H and O–H groups in total. The van der Waals surface area contributed by atoms with Crippen molar-refractivity contribution in [3.05, 3.63) is 70.8 Å². The van der Waals surface area contributed by atoms with E-state index in [1.807, 2.05) is 0 Å². The number of likely N-dealkylation sites (N-methyl/N-ethyl adjacent to an activating group) is 1. The van der Waals surface area contributed by atoms with Crippen molar-refractivity contribution in [1.29, 1.82) is 0 Å². The van der Waals surface area contributed by atoms with E-state index in [2.05, 4.69) is 5.32 Å². The van der Waals surface area contributed by atoms with E-state index in [0.717, 1.165) is 0 Å². The average molecular weight is 318 g/mol. The van der Waals surface area contributed by atoms with Crippen LogP contribution in [0.2, 0.25) is 0 Å². The summed E-state index contributed by atoms with van der Waals surface area (Å²) in [5.41, 5.74) is 1.83. The van der Waals surface area contributed by atoms with Crippen LogP contribution in [0.4, 0.5) is 8.78 Å². The number of carbonyl (C=O) groups is 1. The zero-order valence-corrected chi connectivity index (χ0v) is 13.3. The molecule has 0 aliphatic heterocycles. The van der Waals surface area contributed by atoms with E-state index < -0.39 is 0 Å². The Morgan fingerprint density at radius 3 is 2.57 bits per heavy atom. The van der Waals surface area contributed by atoms with E-state index in [0.29, 0.717) is 23.2 Å². The maximum absolute atomic E-state index is 13.6. The first-order valence-electron chi connectivity index (χ1n) is 7.39. The van der Waals surface area contributed by atoms with Gasteiger partial charge in [-0.25, -0.2) is 8.78 Å². The predicted molar refractivity (Wildman–Crippen MR) is 85.7 cm³/mol. The highest BCUT2D eigenvalue weighted by Crippen LogP contribution is 2.10. The Morgan fingerprint density at radius 1 is 1.13 bits per heavy atom. The molecule has 0 unspecified atom stereocenters. The van der Waals surface area contributed by atoms with Gasteiger partial charge < -0.3 is 5.32 Å². The minimum absolute atomic E-state index is 0.142. The minimum atomic E-state index is -0.284. The molecule has 2 aromatic carbocycles. The topological polar surface area (TPSA) is 32.3 Å². The lowest BCUT2D eigenvalue weighted by molar-refractivity contribution is -0.122. The second kappa shape index (κ2) is 7.83. The second-order valence-corrected chi connectivity index (χ2v) is 5.62. The van der Waals surface area contributed by atoms with Crippen molar-refractivity contribution in [2.75, 3.05) is 13.6 Å². The maximum atomic E-state index is 13.6. The number of carbonyl (C=O) groups excluding carboxylic acids is 1.